The van der Waals surface area contributed by atoms with Crippen molar-refractivity contribution in [1.82, 2.24) is 4.72 Å². The van der Waals surface area contributed by atoms with Gasteiger partial charge in [0.15, 0.2) is 0 Å². The molecule has 1 saturated carbocycles. The van der Waals surface area contributed by atoms with Gasteiger partial charge in [0.25, 0.3) is 0 Å². The zero-order valence-electron chi connectivity index (χ0n) is 9.91. The first-order chi connectivity index (χ1) is 7.53. The summed E-state index contributed by atoms with van der Waals surface area (Å²) < 4.78 is 25.9. The van der Waals surface area contributed by atoms with Gasteiger partial charge in [0.2, 0.25) is 10.0 Å². The molecular weight excluding hydrogens is 246 g/mol. The number of unbranched alkanes of at least 4 members (excludes halogenated alkanes) is 1. The van der Waals surface area contributed by atoms with E-state index >= 15 is 0 Å². The molecule has 0 aromatic carbocycles. The Balaban J connectivity index is 2.20. The molecule has 16 heavy (non-hydrogen) atoms. The second-order valence-corrected chi connectivity index (χ2v) is 7.15. The number of rotatable bonds is 7. The summed E-state index contributed by atoms with van der Waals surface area (Å²) in [6, 6.07) is 0. The van der Waals surface area contributed by atoms with Crippen LogP contribution >= 0.6 is 11.6 Å². The van der Waals surface area contributed by atoms with E-state index in [1.165, 1.54) is 6.42 Å². The fourth-order valence-corrected chi connectivity index (χ4v) is 3.62. The third-order valence-corrected chi connectivity index (χ3v) is 4.89. The summed E-state index contributed by atoms with van der Waals surface area (Å²) in [5, 5.41) is 0. The van der Waals surface area contributed by atoms with Gasteiger partial charge < -0.3 is 0 Å². The number of sulfonamides is 1. The van der Waals surface area contributed by atoms with Crippen molar-refractivity contribution in [2.45, 2.75) is 39.0 Å². The Morgan fingerprint density at radius 3 is 2.62 bits per heavy atom. The molecule has 1 N–H and O–H groups in total. The van der Waals surface area contributed by atoms with Crippen LogP contribution < -0.4 is 4.72 Å². The van der Waals surface area contributed by atoms with E-state index in [2.05, 4.69) is 11.6 Å². The molecule has 0 amide bonds. The van der Waals surface area contributed by atoms with Crippen LogP contribution in [-0.2, 0) is 10.0 Å². The number of alkyl halides is 1. The summed E-state index contributed by atoms with van der Waals surface area (Å²) in [7, 11) is -3.07. The summed E-state index contributed by atoms with van der Waals surface area (Å²) in [4.78, 5) is 0. The Bertz CT molecular complexity index is 292. The van der Waals surface area contributed by atoms with Gasteiger partial charge in [-0.15, -0.1) is 11.6 Å². The van der Waals surface area contributed by atoms with Crippen LogP contribution in [0.15, 0.2) is 0 Å². The van der Waals surface area contributed by atoms with Gasteiger partial charge >= 0.3 is 0 Å². The monoisotopic (exact) mass is 267 g/mol. The molecule has 1 fully saturated rings. The number of hydrogen-bond donors (Lipinski definition) is 1. The van der Waals surface area contributed by atoms with Gasteiger partial charge in [-0.05, 0) is 37.5 Å². The van der Waals surface area contributed by atoms with E-state index in [4.69, 9.17) is 11.6 Å². The minimum atomic E-state index is -3.07. The maximum atomic E-state index is 11.6. The zero-order valence-corrected chi connectivity index (χ0v) is 11.5. The molecule has 3 nitrogen and oxygen atoms in total. The highest BCUT2D eigenvalue weighted by Crippen LogP contribution is 2.29. The highest BCUT2D eigenvalue weighted by Gasteiger charge is 2.22. The molecule has 5 heteroatoms. The molecule has 1 aliphatic carbocycles. The Hall–Kier alpha value is 0.200. The number of hydrogen-bond acceptors (Lipinski definition) is 2. The lowest BCUT2D eigenvalue weighted by Gasteiger charge is -2.11. The molecule has 0 aromatic heterocycles. The fourth-order valence-electron chi connectivity index (χ4n) is 2.21. The summed E-state index contributed by atoms with van der Waals surface area (Å²) in [5.74, 6) is 2.04. The molecule has 2 atom stereocenters. The summed E-state index contributed by atoms with van der Waals surface area (Å²) in [6.07, 6.45) is 4.97. The topological polar surface area (TPSA) is 46.2 Å². The molecule has 0 spiro atoms. The second-order valence-electron chi connectivity index (χ2n) is 4.85. The zero-order chi connectivity index (χ0) is 12.0. The maximum Gasteiger partial charge on any atom is 0.211 e. The Morgan fingerprint density at radius 1 is 1.31 bits per heavy atom. The maximum absolute atomic E-state index is 11.6. The number of halogens is 1. The van der Waals surface area contributed by atoms with Crippen LogP contribution in [0.3, 0.4) is 0 Å². The van der Waals surface area contributed by atoms with E-state index in [9.17, 15) is 8.42 Å². The lowest BCUT2D eigenvalue weighted by Crippen LogP contribution is -2.30. The van der Waals surface area contributed by atoms with Crippen molar-refractivity contribution in [3.8, 4) is 0 Å². The van der Waals surface area contributed by atoms with Crippen LogP contribution in [0.4, 0.5) is 0 Å². The Kier molecular flexibility index (Phi) is 6.08. The van der Waals surface area contributed by atoms with E-state index in [1.54, 1.807) is 0 Å². The standard InChI is InChI=1S/C11H22ClNO2S/c1-10-4-5-11(8-10)9-13-16(14,15)7-3-2-6-12/h10-11,13H,2-9H2,1H3. The first-order valence-electron chi connectivity index (χ1n) is 6.07. The van der Waals surface area contributed by atoms with Crippen molar-refractivity contribution in [3.63, 3.8) is 0 Å². The lowest BCUT2D eigenvalue weighted by molar-refractivity contribution is 0.498. The van der Waals surface area contributed by atoms with Gasteiger partial charge in [-0.25, -0.2) is 13.1 Å². The van der Waals surface area contributed by atoms with E-state index in [0.29, 0.717) is 24.8 Å². The fraction of sp³-hybridized carbons (Fsp3) is 1.00. The van der Waals surface area contributed by atoms with E-state index in [1.807, 2.05) is 0 Å². The highest BCUT2D eigenvalue weighted by atomic mass is 35.5. The largest absolute Gasteiger partial charge is 0.215 e. The molecule has 2 unspecified atom stereocenters. The normalized spacial score (nSPS) is 26.1. The summed E-state index contributed by atoms with van der Waals surface area (Å²) in [5.41, 5.74) is 0. The average molecular weight is 268 g/mol. The smallest absolute Gasteiger partial charge is 0.211 e. The third kappa shape index (κ3) is 5.51. The molecular formula is C11H22ClNO2S. The molecule has 96 valence electrons. The predicted molar refractivity (Wildman–Crippen MR) is 68.2 cm³/mol. The molecule has 0 bridgehead atoms. The van der Waals surface area contributed by atoms with E-state index in [-0.39, 0.29) is 5.75 Å². The van der Waals surface area contributed by atoms with Crippen LogP contribution in [0.5, 0.6) is 0 Å². The van der Waals surface area contributed by atoms with E-state index in [0.717, 1.165) is 25.2 Å². The summed E-state index contributed by atoms with van der Waals surface area (Å²) >= 11 is 5.51. The minimum absolute atomic E-state index is 0.210. The van der Waals surface area contributed by atoms with Crippen molar-refractivity contribution in [2.75, 3.05) is 18.2 Å². The third-order valence-electron chi connectivity index (χ3n) is 3.19. The quantitative estimate of drug-likeness (QED) is 0.569. The van der Waals surface area contributed by atoms with Crippen molar-refractivity contribution in [3.05, 3.63) is 0 Å². The molecule has 1 rings (SSSR count). The first-order valence-corrected chi connectivity index (χ1v) is 8.25. The molecule has 0 heterocycles. The van der Waals surface area contributed by atoms with Crippen molar-refractivity contribution < 1.29 is 8.42 Å². The van der Waals surface area contributed by atoms with E-state index < -0.39 is 10.0 Å². The predicted octanol–water partition coefficient (Wildman–Crippen LogP) is 2.36. The van der Waals surface area contributed by atoms with Crippen LogP contribution in [0.2, 0.25) is 0 Å². The van der Waals surface area contributed by atoms with Crippen LogP contribution in [0, 0.1) is 11.8 Å². The molecule has 0 saturated heterocycles. The molecule has 0 aliphatic heterocycles. The highest BCUT2D eigenvalue weighted by molar-refractivity contribution is 7.89. The molecule has 0 aromatic rings. The first kappa shape index (κ1) is 14.3. The van der Waals surface area contributed by atoms with Crippen LogP contribution in [-0.4, -0.2) is 26.6 Å². The molecule has 1 aliphatic rings. The summed E-state index contributed by atoms with van der Waals surface area (Å²) in [6.45, 7) is 2.85. The van der Waals surface area contributed by atoms with Gasteiger partial charge in [0, 0.05) is 12.4 Å². The van der Waals surface area contributed by atoms with Crippen LogP contribution in [0.25, 0.3) is 0 Å². The molecule has 0 radical (unpaired) electrons. The van der Waals surface area contributed by atoms with Gasteiger partial charge in [0.05, 0.1) is 5.75 Å². The Morgan fingerprint density at radius 2 is 2.06 bits per heavy atom. The van der Waals surface area contributed by atoms with Gasteiger partial charge in [-0.2, -0.15) is 0 Å². The SMILES string of the molecule is CC1CCC(CNS(=O)(=O)CCCCCl)C1. The van der Waals surface area contributed by atoms with Crippen LogP contribution in [0.1, 0.15) is 39.0 Å². The average Bonchev–Trinajstić information content (AvgIpc) is 2.62. The van der Waals surface area contributed by atoms with Crippen molar-refractivity contribution >= 4 is 21.6 Å². The van der Waals surface area contributed by atoms with Crippen molar-refractivity contribution in [1.29, 1.82) is 0 Å². The lowest BCUT2D eigenvalue weighted by atomic mass is 10.1. The second kappa shape index (κ2) is 6.82. The van der Waals surface area contributed by atoms with Gasteiger partial charge in [-0.3, -0.25) is 0 Å². The number of nitrogens with one attached hydrogen (secondary N) is 1. The van der Waals surface area contributed by atoms with Gasteiger partial charge in [0.1, 0.15) is 0 Å². The van der Waals surface area contributed by atoms with Gasteiger partial charge in [-0.1, -0.05) is 13.3 Å². The minimum Gasteiger partial charge on any atom is -0.215 e. The Labute approximate surface area is 104 Å². The van der Waals surface area contributed by atoms with Crippen molar-refractivity contribution in [2.24, 2.45) is 11.8 Å².